The van der Waals surface area contributed by atoms with Gasteiger partial charge < -0.3 is 9.32 Å². The highest BCUT2D eigenvalue weighted by Crippen LogP contribution is 2.29. The van der Waals surface area contributed by atoms with Crippen molar-refractivity contribution in [1.29, 1.82) is 0 Å². The summed E-state index contributed by atoms with van der Waals surface area (Å²) in [5, 5.41) is 8.31. The smallest absolute Gasteiger partial charge is 0.251 e. The lowest BCUT2D eigenvalue weighted by Crippen LogP contribution is -2.41. The standard InChI is InChI=1S/C16H21N5O2/c1-10(2)16(22)21-6-4-5-12(8-21)14-19-20-15(23-14)13-7-17-9-18-11(13)3/h7,9-10,12H,4-6,8H2,1-3H3/t12-/m0/s1. The molecule has 1 aliphatic heterocycles. The molecule has 3 heterocycles. The number of amides is 1. The molecule has 0 bridgehead atoms. The van der Waals surface area contributed by atoms with Crippen molar-refractivity contribution >= 4 is 5.91 Å². The molecule has 0 unspecified atom stereocenters. The van der Waals surface area contributed by atoms with E-state index in [1.165, 1.54) is 6.33 Å². The van der Waals surface area contributed by atoms with E-state index in [-0.39, 0.29) is 17.7 Å². The van der Waals surface area contributed by atoms with Crippen LogP contribution in [-0.2, 0) is 4.79 Å². The average molecular weight is 315 g/mol. The zero-order chi connectivity index (χ0) is 16.4. The zero-order valence-corrected chi connectivity index (χ0v) is 13.7. The van der Waals surface area contributed by atoms with Crippen LogP contribution in [0.15, 0.2) is 16.9 Å². The van der Waals surface area contributed by atoms with Crippen molar-refractivity contribution in [3.63, 3.8) is 0 Å². The maximum atomic E-state index is 12.2. The average Bonchev–Trinajstić information content (AvgIpc) is 3.04. The van der Waals surface area contributed by atoms with Crippen LogP contribution in [-0.4, -0.2) is 44.1 Å². The number of rotatable bonds is 3. The maximum absolute atomic E-state index is 12.2. The second kappa shape index (κ2) is 6.44. The Morgan fingerprint density at radius 3 is 2.96 bits per heavy atom. The van der Waals surface area contributed by atoms with Gasteiger partial charge in [0.25, 0.3) is 5.89 Å². The first-order chi connectivity index (χ1) is 11.1. The number of nitrogens with zero attached hydrogens (tertiary/aromatic N) is 5. The van der Waals surface area contributed by atoms with Gasteiger partial charge in [0.1, 0.15) is 6.33 Å². The van der Waals surface area contributed by atoms with E-state index in [4.69, 9.17) is 4.42 Å². The van der Waals surface area contributed by atoms with Crippen LogP contribution in [0.2, 0.25) is 0 Å². The van der Waals surface area contributed by atoms with Crippen molar-refractivity contribution in [2.45, 2.75) is 39.5 Å². The van der Waals surface area contributed by atoms with Crippen molar-refractivity contribution in [2.75, 3.05) is 13.1 Å². The van der Waals surface area contributed by atoms with Gasteiger partial charge in [-0.3, -0.25) is 4.79 Å². The van der Waals surface area contributed by atoms with Gasteiger partial charge in [0.05, 0.1) is 17.2 Å². The van der Waals surface area contributed by atoms with Crippen molar-refractivity contribution in [1.82, 2.24) is 25.1 Å². The summed E-state index contributed by atoms with van der Waals surface area (Å²) >= 11 is 0. The number of aryl methyl sites for hydroxylation is 1. The third-order valence-corrected chi connectivity index (χ3v) is 4.16. The minimum absolute atomic E-state index is 0.0103. The normalized spacial score (nSPS) is 18.4. The second-order valence-corrected chi connectivity index (χ2v) is 6.25. The SMILES string of the molecule is Cc1ncncc1-c1nnc([C@H]2CCCN(C(=O)C(C)C)C2)o1. The van der Waals surface area contributed by atoms with Crippen molar-refractivity contribution < 1.29 is 9.21 Å². The molecule has 0 radical (unpaired) electrons. The molecule has 1 fully saturated rings. The largest absolute Gasteiger partial charge is 0.420 e. The highest BCUT2D eigenvalue weighted by Gasteiger charge is 2.29. The molecular weight excluding hydrogens is 294 g/mol. The topological polar surface area (TPSA) is 85.0 Å². The number of likely N-dealkylation sites (tertiary alicyclic amines) is 1. The molecular formula is C16H21N5O2. The van der Waals surface area contributed by atoms with Gasteiger partial charge in [-0.05, 0) is 19.8 Å². The van der Waals surface area contributed by atoms with Crippen molar-refractivity contribution in [3.8, 4) is 11.5 Å². The van der Waals surface area contributed by atoms with E-state index in [1.54, 1.807) is 6.20 Å². The predicted octanol–water partition coefficient (Wildman–Crippen LogP) is 2.20. The summed E-state index contributed by atoms with van der Waals surface area (Å²) in [6.07, 6.45) is 5.07. The Balaban J connectivity index is 1.78. The van der Waals surface area contributed by atoms with E-state index >= 15 is 0 Å². The molecule has 2 aromatic rings. The Kier molecular flexibility index (Phi) is 4.36. The zero-order valence-electron chi connectivity index (χ0n) is 13.7. The summed E-state index contributed by atoms with van der Waals surface area (Å²) in [6, 6.07) is 0. The number of hydrogen-bond acceptors (Lipinski definition) is 6. The van der Waals surface area contributed by atoms with Crippen LogP contribution in [0.5, 0.6) is 0 Å². The second-order valence-electron chi connectivity index (χ2n) is 6.25. The van der Waals surface area contributed by atoms with E-state index in [0.717, 1.165) is 30.6 Å². The lowest BCUT2D eigenvalue weighted by Gasteiger charge is -2.32. The molecule has 1 saturated heterocycles. The summed E-state index contributed by atoms with van der Waals surface area (Å²) < 4.78 is 5.84. The Morgan fingerprint density at radius 2 is 2.22 bits per heavy atom. The highest BCUT2D eigenvalue weighted by atomic mass is 16.4. The molecule has 122 valence electrons. The van der Waals surface area contributed by atoms with E-state index in [2.05, 4.69) is 20.2 Å². The van der Waals surface area contributed by atoms with Gasteiger partial charge >= 0.3 is 0 Å². The molecule has 0 aliphatic carbocycles. The Morgan fingerprint density at radius 1 is 1.39 bits per heavy atom. The van der Waals surface area contributed by atoms with Crippen LogP contribution < -0.4 is 0 Å². The highest BCUT2D eigenvalue weighted by molar-refractivity contribution is 5.78. The van der Waals surface area contributed by atoms with Crippen LogP contribution in [0.4, 0.5) is 0 Å². The minimum atomic E-state index is 0.0103. The summed E-state index contributed by atoms with van der Waals surface area (Å²) in [5.41, 5.74) is 1.55. The summed E-state index contributed by atoms with van der Waals surface area (Å²) in [7, 11) is 0. The number of piperidine rings is 1. The molecule has 0 N–H and O–H groups in total. The quantitative estimate of drug-likeness (QED) is 0.863. The van der Waals surface area contributed by atoms with Gasteiger partial charge in [0.2, 0.25) is 11.8 Å². The molecule has 0 spiro atoms. The Bertz CT molecular complexity index is 697. The summed E-state index contributed by atoms with van der Waals surface area (Å²) in [6.45, 7) is 7.18. The predicted molar refractivity (Wildman–Crippen MR) is 83.5 cm³/mol. The molecule has 1 aliphatic rings. The van der Waals surface area contributed by atoms with E-state index in [0.29, 0.717) is 18.3 Å². The number of carbonyl (C=O) groups is 1. The Hall–Kier alpha value is -2.31. The first-order valence-electron chi connectivity index (χ1n) is 7.95. The number of carbonyl (C=O) groups excluding carboxylic acids is 1. The van der Waals surface area contributed by atoms with Crippen LogP contribution in [0.1, 0.15) is 44.2 Å². The minimum Gasteiger partial charge on any atom is -0.420 e. The lowest BCUT2D eigenvalue weighted by atomic mass is 9.97. The first-order valence-corrected chi connectivity index (χ1v) is 7.95. The number of hydrogen-bond donors (Lipinski definition) is 0. The molecule has 2 aromatic heterocycles. The molecule has 7 heteroatoms. The molecule has 0 aromatic carbocycles. The summed E-state index contributed by atoms with van der Waals surface area (Å²) in [5.74, 6) is 1.31. The van der Waals surface area contributed by atoms with Crippen LogP contribution in [0.3, 0.4) is 0 Å². The van der Waals surface area contributed by atoms with Gasteiger partial charge in [-0.15, -0.1) is 10.2 Å². The molecule has 0 saturated carbocycles. The van der Waals surface area contributed by atoms with E-state index in [9.17, 15) is 4.79 Å². The first kappa shape index (κ1) is 15.6. The van der Waals surface area contributed by atoms with Gasteiger partial charge in [-0.1, -0.05) is 13.8 Å². The molecule has 3 rings (SSSR count). The van der Waals surface area contributed by atoms with Crippen LogP contribution in [0, 0.1) is 12.8 Å². The van der Waals surface area contributed by atoms with Crippen LogP contribution >= 0.6 is 0 Å². The fourth-order valence-corrected chi connectivity index (χ4v) is 2.85. The van der Waals surface area contributed by atoms with Gasteiger partial charge in [-0.2, -0.15) is 0 Å². The maximum Gasteiger partial charge on any atom is 0.251 e. The molecule has 1 atom stereocenters. The third-order valence-electron chi connectivity index (χ3n) is 4.16. The van der Waals surface area contributed by atoms with Crippen molar-refractivity contribution in [3.05, 3.63) is 24.1 Å². The van der Waals surface area contributed by atoms with Crippen LogP contribution in [0.25, 0.3) is 11.5 Å². The van der Waals surface area contributed by atoms with Gasteiger partial charge in [0.15, 0.2) is 0 Å². The summed E-state index contributed by atoms with van der Waals surface area (Å²) in [4.78, 5) is 22.2. The fourth-order valence-electron chi connectivity index (χ4n) is 2.85. The molecule has 7 nitrogen and oxygen atoms in total. The molecule has 23 heavy (non-hydrogen) atoms. The van der Waals surface area contributed by atoms with Gasteiger partial charge in [0, 0.05) is 25.2 Å². The van der Waals surface area contributed by atoms with Crippen molar-refractivity contribution in [2.24, 2.45) is 5.92 Å². The van der Waals surface area contributed by atoms with Gasteiger partial charge in [-0.25, -0.2) is 9.97 Å². The molecule has 1 amide bonds. The third kappa shape index (κ3) is 3.23. The van der Waals surface area contributed by atoms with E-state index in [1.807, 2.05) is 25.7 Å². The lowest BCUT2D eigenvalue weighted by molar-refractivity contribution is -0.135. The van der Waals surface area contributed by atoms with E-state index < -0.39 is 0 Å². The Labute approximate surface area is 135 Å². The fraction of sp³-hybridized carbons (Fsp3) is 0.562. The monoisotopic (exact) mass is 315 g/mol. The number of aromatic nitrogens is 4.